The van der Waals surface area contributed by atoms with Gasteiger partial charge >= 0.3 is 0 Å². The van der Waals surface area contributed by atoms with Crippen LogP contribution in [0, 0.1) is 6.92 Å². The second-order valence-corrected chi connectivity index (χ2v) is 3.87. The van der Waals surface area contributed by atoms with Crippen LogP contribution in [0.5, 0.6) is 0 Å². The molecule has 17 heavy (non-hydrogen) atoms. The van der Waals surface area contributed by atoms with Gasteiger partial charge < -0.3 is 0 Å². The molecule has 0 aromatic carbocycles. The summed E-state index contributed by atoms with van der Waals surface area (Å²) >= 11 is 0. The standard InChI is InChI=1S/C12H14N4O/c1-9-8-10(14-15(9)2)4-5-12(17)11-6-7-13-16(11)3/h4-8H,1-3H3/b5-4+. The topological polar surface area (TPSA) is 52.7 Å². The number of carbonyl (C=O) groups excluding carboxylic acids is 1. The van der Waals surface area contributed by atoms with Crippen LogP contribution in [0.1, 0.15) is 21.9 Å². The first-order valence-corrected chi connectivity index (χ1v) is 5.29. The van der Waals surface area contributed by atoms with Crippen LogP contribution in [0.25, 0.3) is 6.08 Å². The Kier molecular flexibility index (Phi) is 2.91. The molecule has 0 bridgehead atoms. The first-order valence-electron chi connectivity index (χ1n) is 5.29. The van der Waals surface area contributed by atoms with Crippen LogP contribution in [0.3, 0.4) is 0 Å². The van der Waals surface area contributed by atoms with E-state index in [9.17, 15) is 4.79 Å². The van der Waals surface area contributed by atoms with Crippen LogP contribution in [-0.2, 0) is 14.1 Å². The van der Waals surface area contributed by atoms with Gasteiger partial charge in [-0.3, -0.25) is 14.2 Å². The summed E-state index contributed by atoms with van der Waals surface area (Å²) in [5, 5.41) is 8.19. The van der Waals surface area contributed by atoms with Crippen molar-refractivity contribution in [1.82, 2.24) is 19.6 Å². The predicted molar refractivity (Wildman–Crippen MR) is 64.5 cm³/mol. The molecule has 0 fully saturated rings. The molecule has 2 aromatic heterocycles. The highest BCUT2D eigenvalue weighted by Gasteiger charge is 2.06. The van der Waals surface area contributed by atoms with Gasteiger partial charge in [0.1, 0.15) is 5.69 Å². The summed E-state index contributed by atoms with van der Waals surface area (Å²) in [7, 11) is 3.61. The molecule has 0 saturated heterocycles. The molecular formula is C12H14N4O. The van der Waals surface area contributed by atoms with Crippen LogP contribution in [0.15, 0.2) is 24.4 Å². The van der Waals surface area contributed by atoms with Gasteiger partial charge in [-0.2, -0.15) is 10.2 Å². The first kappa shape index (κ1) is 11.3. The van der Waals surface area contributed by atoms with E-state index in [1.54, 1.807) is 34.8 Å². The average Bonchev–Trinajstić information content (AvgIpc) is 2.83. The molecule has 0 aliphatic carbocycles. The van der Waals surface area contributed by atoms with Crippen molar-refractivity contribution in [2.75, 3.05) is 0 Å². The normalized spacial score (nSPS) is 11.2. The molecule has 5 nitrogen and oxygen atoms in total. The molecule has 0 aliphatic rings. The summed E-state index contributed by atoms with van der Waals surface area (Å²) in [5.41, 5.74) is 2.40. The largest absolute Gasteiger partial charge is 0.288 e. The Morgan fingerprint density at radius 1 is 1.35 bits per heavy atom. The van der Waals surface area contributed by atoms with Crippen LogP contribution in [0.4, 0.5) is 0 Å². The molecule has 0 unspecified atom stereocenters. The van der Waals surface area contributed by atoms with Gasteiger partial charge in [-0.1, -0.05) is 0 Å². The fourth-order valence-corrected chi connectivity index (χ4v) is 1.53. The lowest BCUT2D eigenvalue weighted by Crippen LogP contribution is -2.03. The van der Waals surface area contributed by atoms with Crippen molar-refractivity contribution in [1.29, 1.82) is 0 Å². The lowest BCUT2D eigenvalue weighted by atomic mass is 10.2. The van der Waals surface area contributed by atoms with E-state index in [0.717, 1.165) is 11.4 Å². The van der Waals surface area contributed by atoms with E-state index in [-0.39, 0.29) is 5.78 Å². The molecule has 0 N–H and O–H groups in total. The number of allylic oxidation sites excluding steroid dienone is 1. The highest BCUT2D eigenvalue weighted by atomic mass is 16.1. The second kappa shape index (κ2) is 4.37. The van der Waals surface area contributed by atoms with Crippen molar-refractivity contribution in [2.24, 2.45) is 14.1 Å². The average molecular weight is 230 g/mol. The molecule has 5 heteroatoms. The Bertz CT molecular complexity index is 558. The van der Waals surface area contributed by atoms with Crippen molar-refractivity contribution in [3.05, 3.63) is 41.5 Å². The molecular weight excluding hydrogens is 216 g/mol. The number of ketones is 1. The Balaban J connectivity index is 2.16. The quantitative estimate of drug-likeness (QED) is 0.591. The Labute approximate surface area is 99.4 Å². The molecule has 0 radical (unpaired) electrons. The van der Waals surface area contributed by atoms with Crippen LogP contribution in [0.2, 0.25) is 0 Å². The Morgan fingerprint density at radius 3 is 2.65 bits per heavy atom. The van der Waals surface area contributed by atoms with Crippen molar-refractivity contribution in [3.63, 3.8) is 0 Å². The maximum Gasteiger partial charge on any atom is 0.203 e. The molecule has 0 saturated carbocycles. The fraction of sp³-hybridized carbons (Fsp3) is 0.250. The molecule has 0 atom stereocenters. The number of rotatable bonds is 3. The third-order valence-electron chi connectivity index (χ3n) is 2.61. The smallest absolute Gasteiger partial charge is 0.203 e. The van der Waals surface area contributed by atoms with Gasteiger partial charge in [-0.25, -0.2) is 0 Å². The molecule has 2 heterocycles. The number of carbonyl (C=O) groups is 1. The third-order valence-corrected chi connectivity index (χ3v) is 2.61. The van der Waals surface area contributed by atoms with E-state index in [4.69, 9.17) is 0 Å². The zero-order valence-electron chi connectivity index (χ0n) is 10.1. The summed E-state index contributed by atoms with van der Waals surface area (Å²) < 4.78 is 3.32. The molecule has 2 aromatic rings. The van der Waals surface area contributed by atoms with Gasteiger partial charge in [0.25, 0.3) is 0 Å². The van der Waals surface area contributed by atoms with Gasteiger partial charge in [0.15, 0.2) is 0 Å². The monoisotopic (exact) mass is 230 g/mol. The highest BCUT2D eigenvalue weighted by molar-refractivity contribution is 6.05. The van der Waals surface area contributed by atoms with Crippen LogP contribution >= 0.6 is 0 Å². The maximum absolute atomic E-state index is 11.8. The van der Waals surface area contributed by atoms with E-state index in [0.29, 0.717) is 5.69 Å². The highest BCUT2D eigenvalue weighted by Crippen LogP contribution is 2.05. The summed E-state index contributed by atoms with van der Waals surface area (Å²) in [6.45, 7) is 1.97. The van der Waals surface area contributed by atoms with Gasteiger partial charge in [0.2, 0.25) is 5.78 Å². The SMILES string of the molecule is Cc1cc(/C=C/C(=O)c2ccnn2C)nn1C. The summed E-state index contributed by atoms with van der Waals surface area (Å²) in [5.74, 6) is -0.0756. The summed E-state index contributed by atoms with van der Waals surface area (Å²) in [6, 6.07) is 3.61. The molecule has 88 valence electrons. The minimum Gasteiger partial charge on any atom is -0.288 e. The van der Waals surface area contributed by atoms with Gasteiger partial charge in [0.05, 0.1) is 5.69 Å². The molecule has 0 spiro atoms. The predicted octanol–water partition coefficient (Wildman–Crippen LogP) is 1.36. The van der Waals surface area contributed by atoms with Crippen molar-refractivity contribution in [2.45, 2.75) is 6.92 Å². The van der Waals surface area contributed by atoms with E-state index in [2.05, 4.69) is 10.2 Å². The summed E-state index contributed by atoms with van der Waals surface area (Å²) in [6.07, 6.45) is 4.83. The van der Waals surface area contributed by atoms with E-state index >= 15 is 0 Å². The summed E-state index contributed by atoms with van der Waals surface area (Å²) in [4.78, 5) is 11.8. The number of hydrogen-bond donors (Lipinski definition) is 0. The van der Waals surface area contributed by atoms with Crippen LogP contribution in [-0.4, -0.2) is 25.3 Å². The van der Waals surface area contributed by atoms with E-state index < -0.39 is 0 Å². The zero-order valence-corrected chi connectivity index (χ0v) is 10.1. The fourth-order valence-electron chi connectivity index (χ4n) is 1.53. The third kappa shape index (κ3) is 2.33. The minimum absolute atomic E-state index is 0.0756. The van der Waals surface area contributed by atoms with E-state index in [1.165, 1.54) is 6.08 Å². The lowest BCUT2D eigenvalue weighted by Gasteiger charge is -1.94. The number of aromatic nitrogens is 4. The molecule has 0 amide bonds. The Morgan fingerprint density at radius 2 is 2.12 bits per heavy atom. The number of nitrogens with zero attached hydrogens (tertiary/aromatic N) is 4. The van der Waals surface area contributed by atoms with Crippen LogP contribution < -0.4 is 0 Å². The second-order valence-electron chi connectivity index (χ2n) is 3.87. The minimum atomic E-state index is -0.0756. The van der Waals surface area contributed by atoms with E-state index in [1.807, 2.05) is 20.0 Å². The van der Waals surface area contributed by atoms with Gasteiger partial charge in [-0.05, 0) is 31.2 Å². The maximum atomic E-state index is 11.8. The molecule has 0 aliphatic heterocycles. The zero-order chi connectivity index (χ0) is 12.4. The van der Waals surface area contributed by atoms with Crippen molar-refractivity contribution in [3.8, 4) is 0 Å². The Hall–Kier alpha value is -2.17. The number of aryl methyl sites for hydroxylation is 3. The first-order chi connectivity index (χ1) is 8.08. The molecule has 2 rings (SSSR count). The van der Waals surface area contributed by atoms with Gasteiger partial charge in [0, 0.05) is 26.0 Å². The lowest BCUT2D eigenvalue weighted by molar-refractivity contribution is 0.103. The van der Waals surface area contributed by atoms with Gasteiger partial charge in [-0.15, -0.1) is 0 Å². The van der Waals surface area contributed by atoms with Crippen molar-refractivity contribution < 1.29 is 4.79 Å². The number of hydrogen-bond acceptors (Lipinski definition) is 3. The van der Waals surface area contributed by atoms with Crippen molar-refractivity contribution >= 4 is 11.9 Å².